The molecule has 0 N–H and O–H groups in total. The number of rotatable bonds is 4. The summed E-state index contributed by atoms with van der Waals surface area (Å²) in [6, 6.07) is 16.5. The molecule has 1 saturated heterocycles. The van der Waals surface area contributed by atoms with E-state index >= 15 is 0 Å². The van der Waals surface area contributed by atoms with E-state index < -0.39 is 0 Å². The van der Waals surface area contributed by atoms with Crippen LogP contribution in [0.3, 0.4) is 0 Å². The monoisotopic (exact) mass is 423 g/mol. The van der Waals surface area contributed by atoms with Crippen molar-refractivity contribution >= 4 is 28.5 Å². The van der Waals surface area contributed by atoms with Crippen LogP contribution in [-0.4, -0.2) is 26.8 Å². The molecule has 5 rings (SSSR count). The normalized spacial score (nSPS) is 23.3. The van der Waals surface area contributed by atoms with Crippen LogP contribution in [0.15, 0.2) is 64.1 Å². The molecule has 0 spiro atoms. The summed E-state index contributed by atoms with van der Waals surface area (Å²) in [7, 11) is 0. The second kappa shape index (κ2) is 7.54. The van der Waals surface area contributed by atoms with Crippen molar-refractivity contribution in [2.45, 2.75) is 38.4 Å². The molecule has 6 heteroatoms. The van der Waals surface area contributed by atoms with Crippen molar-refractivity contribution in [2.24, 2.45) is 4.99 Å². The fourth-order valence-corrected chi connectivity index (χ4v) is 5.69. The van der Waals surface area contributed by atoms with Crippen molar-refractivity contribution in [3.8, 4) is 11.3 Å². The van der Waals surface area contributed by atoms with Gasteiger partial charge in [-0.05, 0) is 55.3 Å². The molecule has 2 aliphatic rings. The Bertz CT molecular complexity index is 1060. The third-order valence-electron chi connectivity index (χ3n) is 5.71. The van der Waals surface area contributed by atoms with Crippen molar-refractivity contribution in [1.29, 1.82) is 0 Å². The van der Waals surface area contributed by atoms with Crippen LogP contribution in [0.1, 0.15) is 42.4 Å². The molecule has 1 aromatic carbocycles. The maximum atomic E-state index is 6.43. The van der Waals surface area contributed by atoms with Crippen molar-refractivity contribution in [2.75, 3.05) is 5.75 Å². The highest BCUT2D eigenvalue weighted by molar-refractivity contribution is 8.14. The van der Waals surface area contributed by atoms with E-state index in [2.05, 4.69) is 35.9 Å². The van der Waals surface area contributed by atoms with Gasteiger partial charge in [-0.15, -0.1) is 0 Å². The number of hydrogen-bond donors (Lipinski definition) is 0. The molecule has 0 saturated carbocycles. The van der Waals surface area contributed by atoms with Gasteiger partial charge in [-0.25, -0.2) is 4.99 Å². The fraction of sp³-hybridized carbons (Fsp3) is 0.304. The molecule has 3 unspecified atom stereocenters. The second-order valence-electron chi connectivity index (χ2n) is 7.50. The van der Waals surface area contributed by atoms with Crippen LogP contribution in [0, 0.1) is 6.92 Å². The van der Waals surface area contributed by atoms with E-state index in [4.69, 9.17) is 21.0 Å². The van der Waals surface area contributed by atoms with Crippen molar-refractivity contribution in [1.82, 2.24) is 9.88 Å². The largest absolute Gasteiger partial charge is 0.459 e. The van der Waals surface area contributed by atoms with Crippen LogP contribution >= 0.6 is 23.4 Å². The predicted molar refractivity (Wildman–Crippen MR) is 119 cm³/mol. The molecular weight excluding hydrogens is 402 g/mol. The Hall–Kier alpha value is -2.24. The number of aryl methyl sites for hydroxylation is 1. The lowest BCUT2D eigenvalue weighted by Gasteiger charge is -2.30. The van der Waals surface area contributed by atoms with Crippen LogP contribution in [0.25, 0.3) is 11.3 Å². The number of thioether (sulfide) groups is 1. The second-order valence-corrected chi connectivity index (χ2v) is 8.92. The zero-order chi connectivity index (χ0) is 20.0. The molecule has 0 amide bonds. The summed E-state index contributed by atoms with van der Waals surface area (Å²) in [6.45, 7) is 4.31. The third-order valence-corrected chi connectivity index (χ3v) is 7.07. The first-order chi connectivity index (χ1) is 14.2. The number of aliphatic imine (C=N–C) groups is 1. The van der Waals surface area contributed by atoms with Gasteiger partial charge >= 0.3 is 0 Å². The maximum absolute atomic E-state index is 6.43. The molecule has 0 radical (unpaired) electrons. The van der Waals surface area contributed by atoms with Crippen LogP contribution in [0.5, 0.6) is 0 Å². The highest BCUT2D eigenvalue weighted by Gasteiger charge is 2.46. The van der Waals surface area contributed by atoms with Crippen LogP contribution < -0.4 is 0 Å². The fourth-order valence-electron chi connectivity index (χ4n) is 4.18. The van der Waals surface area contributed by atoms with E-state index in [1.807, 2.05) is 54.4 Å². The number of hydrogen-bond acceptors (Lipinski definition) is 5. The maximum Gasteiger partial charge on any atom is 0.161 e. The zero-order valence-electron chi connectivity index (χ0n) is 16.4. The zero-order valence-corrected chi connectivity index (χ0v) is 18.0. The summed E-state index contributed by atoms with van der Waals surface area (Å²) in [4.78, 5) is 12.1. The molecular formula is C23H22ClN3OS. The van der Waals surface area contributed by atoms with E-state index in [1.54, 1.807) is 0 Å². The van der Waals surface area contributed by atoms with Crippen LogP contribution in [0.2, 0.25) is 5.02 Å². The number of nitrogens with zero attached hydrogens (tertiary/aromatic N) is 3. The number of aromatic nitrogens is 1. The molecule has 2 aliphatic heterocycles. The minimum atomic E-state index is -0.0625. The minimum absolute atomic E-state index is 0.0214. The van der Waals surface area contributed by atoms with Crippen LogP contribution in [-0.2, 0) is 0 Å². The SMILES string of the molecule is CCC1CSC2=NC(c3ccccn3)C(c3ccc(-c4cc(Cl)ccc4C)o3)N21. The lowest BCUT2D eigenvalue weighted by atomic mass is 10.0. The summed E-state index contributed by atoms with van der Waals surface area (Å²) >= 11 is 8.07. The Kier molecular flexibility index (Phi) is 4.88. The molecule has 1 fully saturated rings. The highest BCUT2D eigenvalue weighted by atomic mass is 35.5. The molecule has 0 bridgehead atoms. The van der Waals surface area contributed by atoms with Gasteiger partial charge < -0.3 is 9.32 Å². The van der Waals surface area contributed by atoms with Crippen molar-refractivity contribution < 1.29 is 4.42 Å². The Morgan fingerprint density at radius 2 is 2.10 bits per heavy atom. The Morgan fingerprint density at radius 3 is 2.90 bits per heavy atom. The number of pyridine rings is 1. The highest BCUT2D eigenvalue weighted by Crippen LogP contribution is 2.49. The smallest absolute Gasteiger partial charge is 0.161 e. The van der Waals surface area contributed by atoms with Gasteiger partial charge in [0.1, 0.15) is 23.6 Å². The van der Waals surface area contributed by atoms with Crippen LogP contribution in [0.4, 0.5) is 0 Å². The molecule has 2 aromatic heterocycles. The standard InChI is InChI=1S/C23H22ClN3OS/c1-3-16-13-29-23-26-21(18-6-4-5-11-25-18)22(27(16)23)20-10-9-19(28-20)17-12-15(24)8-7-14(17)2/h4-12,16,21-22H,3,13H2,1-2H3. The average molecular weight is 424 g/mol. The molecule has 4 heterocycles. The summed E-state index contributed by atoms with van der Waals surface area (Å²) in [5, 5.41) is 1.82. The van der Waals surface area contributed by atoms with E-state index in [-0.39, 0.29) is 12.1 Å². The van der Waals surface area contributed by atoms with Gasteiger partial charge in [0.25, 0.3) is 0 Å². The lowest BCUT2D eigenvalue weighted by Crippen LogP contribution is -2.35. The van der Waals surface area contributed by atoms with Crippen molar-refractivity contribution in [3.05, 3.63) is 76.8 Å². The average Bonchev–Trinajstić information content (AvgIpc) is 3.45. The topological polar surface area (TPSA) is 41.6 Å². The summed E-state index contributed by atoms with van der Waals surface area (Å²) in [5.41, 5.74) is 3.15. The van der Waals surface area contributed by atoms with Gasteiger partial charge in [0.15, 0.2) is 5.17 Å². The summed E-state index contributed by atoms with van der Waals surface area (Å²) in [5.74, 6) is 2.84. The molecule has 0 aliphatic carbocycles. The molecule has 3 atom stereocenters. The van der Waals surface area contributed by atoms with Gasteiger partial charge in [0, 0.05) is 28.6 Å². The third kappa shape index (κ3) is 3.26. The van der Waals surface area contributed by atoms with Gasteiger partial charge in [0.2, 0.25) is 0 Å². The minimum Gasteiger partial charge on any atom is -0.459 e. The molecule has 148 valence electrons. The first-order valence-corrected chi connectivity index (χ1v) is 11.3. The molecule has 29 heavy (non-hydrogen) atoms. The first-order valence-electron chi connectivity index (χ1n) is 9.92. The molecule has 3 aromatic rings. The number of halogens is 1. The Balaban J connectivity index is 1.57. The number of furan rings is 1. The van der Waals surface area contributed by atoms with Gasteiger partial charge in [-0.1, -0.05) is 42.4 Å². The van der Waals surface area contributed by atoms with Gasteiger partial charge in [-0.2, -0.15) is 0 Å². The quantitative estimate of drug-likeness (QED) is 0.495. The van der Waals surface area contributed by atoms with Gasteiger partial charge in [-0.3, -0.25) is 4.98 Å². The van der Waals surface area contributed by atoms with E-state index in [9.17, 15) is 0 Å². The Morgan fingerprint density at radius 1 is 1.21 bits per heavy atom. The molecule has 4 nitrogen and oxygen atoms in total. The lowest BCUT2D eigenvalue weighted by molar-refractivity contribution is 0.226. The van der Waals surface area contributed by atoms with E-state index in [1.165, 1.54) is 0 Å². The van der Waals surface area contributed by atoms with Crippen molar-refractivity contribution in [3.63, 3.8) is 0 Å². The number of fused-ring (bicyclic) bond motifs is 1. The number of amidine groups is 1. The summed E-state index contributed by atoms with van der Waals surface area (Å²) in [6.07, 6.45) is 2.92. The first kappa shape index (κ1) is 18.8. The van der Waals surface area contributed by atoms with Gasteiger partial charge in [0.05, 0.1) is 5.69 Å². The van der Waals surface area contributed by atoms with E-state index in [0.717, 1.165) is 45.7 Å². The predicted octanol–water partition coefficient (Wildman–Crippen LogP) is 6.28. The summed E-state index contributed by atoms with van der Waals surface area (Å²) < 4.78 is 6.43. The Labute approximate surface area is 180 Å². The van der Waals surface area contributed by atoms with E-state index in [0.29, 0.717) is 11.1 Å². The number of benzene rings is 1.